The molecule has 26 heavy (non-hydrogen) atoms. The molecule has 1 aliphatic carbocycles. The molecule has 3 nitrogen and oxygen atoms in total. The van der Waals surface area contributed by atoms with E-state index in [0.717, 1.165) is 18.6 Å². The molecule has 0 spiro atoms. The van der Waals surface area contributed by atoms with Crippen molar-refractivity contribution in [3.8, 4) is 11.5 Å². The van der Waals surface area contributed by atoms with Crippen molar-refractivity contribution >= 4 is 5.97 Å². The van der Waals surface area contributed by atoms with Crippen LogP contribution in [0.4, 0.5) is 0 Å². The highest BCUT2D eigenvalue weighted by Crippen LogP contribution is 2.45. The lowest BCUT2D eigenvalue weighted by Gasteiger charge is -2.41. The van der Waals surface area contributed by atoms with Crippen molar-refractivity contribution in [3.05, 3.63) is 59.2 Å². The van der Waals surface area contributed by atoms with Crippen LogP contribution in [0.1, 0.15) is 68.9 Å². The van der Waals surface area contributed by atoms with Crippen molar-refractivity contribution in [1.29, 1.82) is 0 Å². The van der Waals surface area contributed by atoms with Gasteiger partial charge in [0.25, 0.3) is 0 Å². The minimum atomic E-state index is -0.323. The fraction of sp³-hybridized carbons (Fsp3) is 0.435. The second-order valence-corrected chi connectivity index (χ2v) is 8.32. The van der Waals surface area contributed by atoms with Gasteiger partial charge in [-0.25, -0.2) is 4.79 Å². The minimum Gasteiger partial charge on any atom is -0.494 e. The van der Waals surface area contributed by atoms with Gasteiger partial charge in [-0.3, -0.25) is 0 Å². The normalized spacial score (nSPS) is 17.3. The molecule has 0 unspecified atom stereocenters. The predicted octanol–water partition coefficient (Wildman–Crippen LogP) is 5.65. The molecule has 0 radical (unpaired) electrons. The highest BCUT2D eigenvalue weighted by molar-refractivity contribution is 5.91. The van der Waals surface area contributed by atoms with Gasteiger partial charge in [-0.05, 0) is 78.1 Å². The first kappa shape index (κ1) is 18.5. The maximum absolute atomic E-state index is 12.6. The molecular formula is C23H28O3. The smallest absolute Gasteiger partial charge is 0.343 e. The molecule has 0 aliphatic heterocycles. The van der Waals surface area contributed by atoms with E-state index in [0.29, 0.717) is 17.9 Å². The summed E-state index contributed by atoms with van der Waals surface area (Å²) in [6.45, 7) is 11.6. The van der Waals surface area contributed by atoms with Crippen LogP contribution in [0.5, 0.6) is 11.5 Å². The van der Waals surface area contributed by atoms with Crippen LogP contribution < -0.4 is 9.47 Å². The molecule has 0 aromatic heterocycles. The van der Waals surface area contributed by atoms with Crippen LogP contribution in [0.3, 0.4) is 0 Å². The third-order valence-electron chi connectivity index (χ3n) is 5.43. The average molecular weight is 352 g/mol. The monoisotopic (exact) mass is 352 g/mol. The van der Waals surface area contributed by atoms with E-state index in [2.05, 4.69) is 33.8 Å². The van der Waals surface area contributed by atoms with Crippen molar-refractivity contribution in [2.75, 3.05) is 6.61 Å². The molecule has 0 fully saturated rings. The lowest BCUT2D eigenvalue weighted by molar-refractivity contribution is 0.0734. The Hall–Kier alpha value is -2.29. The van der Waals surface area contributed by atoms with E-state index in [4.69, 9.17) is 9.47 Å². The van der Waals surface area contributed by atoms with Crippen LogP contribution in [-0.4, -0.2) is 12.6 Å². The Morgan fingerprint density at radius 1 is 0.885 bits per heavy atom. The molecule has 0 atom stereocenters. The number of benzene rings is 2. The number of hydrogen-bond acceptors (Lipinski definition) is 3. The lowest BCUT2D eigenvalue weighted by Crippen LogP contribution is -2.34. The van der Waals surface area contributed by atoms with Gasteiger partial charge >= 0.3 is 5.97 Å². The van der Waals surface area contributed by atoms with Crippen molar-refractivity contribution in [2.45, 2.75) is 58.3 Å². The van der Waals surface area contributed by atoms with Crippen molar-refractivity contribution in [3.63, 3.8) is 0 Å². The Bertz CT molecular complexity index is 801. The summed E-state index contributed by atoms with van der Waals surface area (Å²) in [4.78, 5) is 12.6. The molecule has 138 valence electrons. The first-order valence-electron chi connectivity index (χ1n) is 9.33. The second-order valence-electron chi connectivity index (χ2n) is 8.32. The summed E-state index contributed by atoms with van der Waals surface area (Å²) in [5, 5.41) is 0. The quantitative estimate of drug-likeness (QED) is 0.526. The third kappa shape index (κ3) is 3.62. The van der Waals surface area contributed by atoms with Gasteiger partial charge in [0.2, 0.25) is 0 Å². The molecule has 3 rings (SSSR count). The van der Waals surface area contributed by atoms with E-state index in [1.54, 1.807) is 12.1 Å². The van der Waals surface area contributed by atoms with Gasteiger partial charge in [0.15, 0.2) is 0 Å². The molecule has 0 bridgehead atoms. The zero-order valence-electron chi connectivity index (χ0n) is 16.4. The van der Waals surface area contributed by atoms with Crippen molar-refractivity contribution < 1.29 is 14.3 Å². The van der Waals surface area contributed by atoms with E-state index < -0.39 is 0 Å². The van der Waals surface area contributed by atoms with Gasteiger partial charge in [-0.1, -0.05) is 33.8 Å². The molecule has 2 aromatic rings. The summed E-state index contributed by atoms with van der Waals surface area (Å²) in [5.74, 6) is 0.969. The standard InChI is InChI=1S/C23H28O3/c1-6-25-17-8-10-18(11-9-17)26-21(24)16-7-12-19-20(15-16)23(4,5)14-13-22(19,2)3/h7-12,15H,6,13-14H2,1-5H3. The number of esters is 1. The lowest BCUT2D eigenvalue weighted by atomic mass is 9.63. The Kier molecular flexibility index (Phi) is 4.83. The van der Waals surface area contributed by atoms with Crippen LogP contribution in [0.15, 0.2) is 42.5 Å². The molecule has 1 aliphatic rings. The van der Waals surface area contributed by atoms with Crippen molar-refractivity contribution in [1.82, 2.24) is 0 Å². The summed E-state index contributed by atoms with van der Waals surface area (Å²) >= 11 is 0. The SMILES string of the molecule is CCOc1ccc(OC(=O)c2ccc3c(c2)C(C)(C)CCC3(C)C)cc1. The van der Waals surface area contributed by atoms with E-state index in [9.17, 15) is 4.79 Å². The maximum Gasteiger partial charge on any atom is 0.343 e. The molecule has 0 heterocycles. The van der Waals surface area contributed by atoms with Gasteiger partial charge in [0.05, 0.1) is 12.2 Å². The van der Waals surface area contributed by atoms with Gasteiger partial charge in [-0.15, -0.1) is 0 Å². The fourth-order valence-electron chi connectivity index (χ4n) is 3.65. The van der Waals surface area contributed by atoms with Crippen LogP contribution in [-0.2, 0) is 10.8 Å². The topological polar surface area (TPSA) is 35.5 Å². The average Bonchev–Trinajstić information content (AvgIpc) is 2.61. The summed E-state index contributed by atoms with van der Waals surface area (Å²) in [6.07, 6.45) is 2.27. The number of carbonyl (C=O) groups excluding carboxylic acids is 1. The summed E-state index contributed by atoms with van der Waals surface area (Å²) in [6, 6.07) is 13.1. The van der Waals surface area contributed by atoms with Gasteiger partial charge in [0, 0.05) is 0 Å². The molecule has 0 amide bonds. The van der Waals surface area contributed by atoms with Gasteiger partial charge in [0.1, 0.15) is 11.5 Å². The number of carbonyl (C=O) groups is 1. The van der Waals surface area contributed by atoms with Gasteiger partial charge in [-0.2, -0.15) is 0 Å². The zero-order chi connectivity index (χ0) is 18.9. The molecule has 0 N–H and O–H groups in total. The largest absolute Gasteiger partial charge is 0.494 e. The number of fused-ring (bicyclic) bond motifs is 1. The summed E-state index contributed by atoms with van der Waals surface area (Å²) < 4.78 is 11.0. The Balaban J connectivity index is 1.84. The second kappa shape index (κ2) is 6.79. The highest BCUT2D eigenvalue weighted by atomic mass is 16.5. The summed E-state index contributed by atoms with van der Waals surface area (Å²) in [7, 11) is 0. The predicted molar refractivity (Wildman–Crippen MR) is 104 cm³/mol. The zero-order valence-corrected chi connectivity index (χ0v) is 16.4. The number of hydrogen-bond donors (Lipinski definition) is 0. The fourth-order valence-corrected chi connectivity index (χ4v) is 3.65. The summed E-state index contributed by atoms with van der Waals surface area (Å²) in [5.41, 5.74) is 3.41. The van der Waals surface area contributed by atoms with Crippen LogP contribution in [0.25, 0.3) is 0 Å². The van der Waals surface area contributed by atoms with E-state index in [1.807, 2.05) is 31.2 Å². The Labute approximate surface area is 156 Å². The van der Waals surface area contributed by atoms with Gasteiger partial charge < -0.3 is 9.47 Å². The van der Waals surface area contributed by atoms with E-state index >= 15 is 0 Å². The first-order chi connectivity index (χ1) is 12.2. The molecule has 0 saturated heterocycles. The molecule has 0 saturated carbocycles. The van der Waals surface area contributed by atoms with Crippen LogP contribution in [0, 0.1) is 0 Å². The molecule has 2 aromatic carbocycles. The third-order valence-corrected chi connectivity index (χ3v) is 5.43. The van der Waals surface area contributed by atoms with Crippen molar-refractivity contribution in [2.24, 2.45) is 0 Å². The molecular weight excluding hydrogens is 324 g/mol. The van der Waals surface area contributed by atoms with E-state index in [-0.39, 0.29) is 16.8 Å². The Morgan fingerprint density at radius 2 is 1.46 bits per heavy atom. The number of ether oxygens (including phenoxy) is 2. The van der Waals surface area contributed by atoms with Crippen LogP contribution >= 0.6 is 0 Å². The minimum absolute atomic E-state index is 0.0697. The molecule has 3 heteroatoms. The Morgan fingerprint density at radius 3 is 2.08 bits per heavy atom. The maximum atomic E-state index is 12.6. The van der Waals surface area contributed by atoms with E-state index in [1.165, 1.54) is 11.1 Å². The first-order valence-corrected chi connectivity index (χ1v) is 9.33. The van der Waals surface area contributed by atoms with Crippen LogP contribution in [0.2, 0.25) is 0 Å². The number of rotatable bonds is 4. The highest BCUT2D eigenvalue weighted by Gasteiger charge is 2.37.